The van der Waals surface area contributed by atoms with Gasteiger partial charge in [0, 0.05) is 5.56 Å². The van der Waals surface area contributed by atoms with Crippen molar-refractivity contribution in [2.24, 2.45) is 0 Å². The van der Waals surface area contributed by atoms with Crippen molar-refractivity contribution in [2.45, 2.75) is 6.92 Å². The molecule has 2 aromatic heterocycles. The Balaban J connectivity index is 2.59. The topological polar surface area (TPSA) is 41.8 Å². The highest BCUT2D eigenvalue weighted by Crippen LogP contribution is 2.21. The SMILES string of the molecule is Cc1cocc1-c1cc(=S)nc[nH]1. The van der Waals surface area contributed by atoms with Gasteiger partial charge in [0.1, 0.15) is 4.64 Å². The molecule has 1 N–H and O–H groups in total. The summed E-state index contributed by atoms with van der Waals surface area (Å²) < 4.78 is 5.64. The van der Waals surface area contributed by atoms with Crippen molar-refractivity contribution in [3.05, 3.63) is 35.1 Å². The van der Waals surface area contributed by atoms with Gasteiger partial charge >= 0.3 is 0 Å². The van der Waals surface area contributed by atoms with Gasteiger partial charge in [-0.1, -0.05) is 12.2 Å². The third-order valence-corrected chi connectivity index (χ3v) is 2.05. The summed E-state index contributed by atoms with van der Waals surface area (Å²) in [5.41, 5.74) is 3.04. The van der Waals surface area contributed by atoms with E-state index in [4.69, 9.17) is 16.6 Å². The Morgan fingerprint density at radius 1 is 1.46 bits per heavy atom. The van der Waals surface area contributed by atoms with Crippen LogP contribution in [0.4, 0.5) is 0 Å². The van der Waals surface area contributed by atoms with E-state index >= 15 is 0 Å². The molecule has 0 amide bonds. The van der Waals surface area contributed by atoms with Gasteiger partial charge in [-0.2, -0.15) is 0 Å². The fraction of sp³-hybridized carbons (Fsp3) is 0.111. The molecular weight excluding hydrogens is 184 g/mol. The minimum absolute atomic E-state index is 0.578. The lowest BCUT2D eigenvalue weighted by Crippen LogP contribution is -1.84. The van der Waals surface area contributed by atoms with E-state index in [9.17, 15) is 0 Å². The molecule has 0 aliphatic heterocycles. The lowest BCUT2D eigenvalue weighted by molar-refractivity contribution is 0.566. The molecule has 0 unspecified atom stereocenters. The van der Waals surface area contributed by atoms with Gasteiger partial charge in [-0.15, -0.1) is 0 Å². The molecule has 2 rings (SSSR count). The largest absolute Gasteiger partial charge is 0.472 e. The van der Waals surface area contributed by atoms with Crippen molar-refractivity contribution in [1.29, 1.82) is 0 Å². The van der Waals surface area contributed by atoms with Crippen LogP contribution in [0.3, 0.4) is 0 Å². The van der Waals surface area contributed by atoms with Crippen molar-refractivity contribution in [3.8, 4) is 11.3 Å². The Morgan fingerprint density at radius 2 is 2.31 bits per heavy atom. The van der Waals surface area contributed by atoms with E-state index in [0.29, 0.717) is 4.64 Å². The predicted octanol–water partition coefficient (Wildman–Crippen LogP) is 2.71. The second-order valence-corrected chi connectivity index (χ2v) is 3.19. The molecule has 2 aromatic rings. The zero-order valence-electron chi connectivity index (χ0n) is 7.07. The summed E-state index contributed by atoms with van der Waals surface area (Å²) in [5.74, 6) is 0. The lowest BCUT2D eigenvalue weighted by atomic mass is 10.1. The highest BCUT2D eigenvalue weighted by atomic mass is 32.1. The molecule has 0 aliphatic rings. The summed E-state index contributed by atoms with van der Waals surface area (Å²) in [5, 5.41) is 0. The first-order chi connectivity index (χ1) is 6.27. The van der Waals surface area contributed by atoms with Crippen LogP contribution < -0.4 is 0 Å². The number of rotatable bonds is 1. The van der Waals surface area contributed by atoms with Gasteiger partial charge in [0.15, 0.2) is 0 Å². The minimum Gasteiger partial charge on any atom is -0.472 e. The van der Waals surface area contributed by atoms with E-state index in [2.05, 4.69) is 9.97 Å². The summed E-state index contributed by atoms with van der Waals surface area (Å²) in [6.45, 7) is 1.98. The van der Waals surface area contributed by atoms with Crippen LogP contribution in [0.2, 0.25) is 0 Å². The Hall–Kier alpha value is -1.42. The average molecular weight is 192 g/mol. The van der Waals surface area contributed by atoms with E-state index in [-0.39, 0.29) is 0 Å². The molecule has 0 aromatic carbocycles. The Morgan fingerprint density at radius 3 is 2.92 bits per heavy atom. The van der Waals surface area contributed by atoms with Gasteiger partial charge in [0.05, 0.1) is 24.5 Å². The lowest BCUT2D eigenvalue weighted by Gasteiger charge is -1.97. The molecule has 0 atom stereocenters. The van der Waals surface area contributed by atoms with E-state index in [0.717, 1.165) is 16.8 Å². The number of nitrogens with one attached hydrogen (secondary N) is 1. The number of hydrogen-bond acceptors (Lipinski definition) is 3. The maximum Gasteiger partial charge on any atom is 0.130 e. The van der Waals surface area contributed by atoms with E-state index < -0.39 is 0 Å². The van der Waals surface area contributed by atoms with Crippen LogP contribution in [-0.4, -0.2) is 9.97 Å². The summed E-state index contributed by atoms with van der Waals surface area (Å²) in [4.78, 5) is 6.92. The number of furan rings is 1. The van der Waals surface area contributed by atoms with Gasteiger partial charge < -0.3 is 9.40 Å². The maximum atomic E-state index is 5.07. The van der Waals surface area contributed by atoms with E-state index in [1.807, 2.05) is 13.0 Å². The minimum atomic E-state index is 0.578. The second-order valence-electron chi connectivity index (χ2n) is 2.77. The normalized spacial score (nSPS) is 10.2. The van der Waals surface area contributed by atoms with Crippen LogP contribution in [0.1, 0.15) is 5.56 Å². The summed E-state index contributed by atoms with van der Waals surface area (Å²) in [6.07, 6.45) is 4.98. The highest BCUT2D eigenvalue weighted by Gasteiger charge is 2.03. The molecule has 2 heterocycles. The zero-order valence-corrected chi connectivity index (χ0v) is 7.89. The Labute approximate surface area is 80.4 Å². The van der Waals surface area contributed by atoms with Gasteiger partial charge in [-0.05, 0) is 18.6 Å². The first kappa shape index (κ1) is 8.19. The smallest absolute Gasteiger partial charge is 0.130 e. The zero-order chi connectivity index (χ0) is 9.26. The summed E-state index contributed by atoms with van der Waals surface area (Å²) in [7, 11) is 0. The highest BCUT2D eigenvalue weighted by molar-refractivity contribution is 7.71. The number of hydrogen-bond donors (Lipinski definition) is 1. The van der Waals surface area contributed by atoms with Crippen LogP contribution in [-0.2, 0) is 0 Å². The standard InChI is InChI=1S/C9H8N2OS/c1-6-3-12-4-7(6)8-2-9(13)11-5-10-8/h2-5H,1H3,(H,10,11,13). The fourth-order valence-electron chi connectivity index (χ4n) is 1.16. The fourth-order valence-corrected chi connectivity index (χ4v) is 1.33. The van der Waals surface area contributed by atoms with Crippen LogP contribution in [0.25, 0.3) is 11.3 Å². The van der Waals surface area contributed by atoms with Gasteiger partial charge in [-0.3, -0.25) is 0 Å². The van der Waals surface area contributed by atoms with Gasteiger partial charge in [0.2, 0.25) is 0 Å². The maximum absolute atomic E-state index is 5.07. The molecule has 0 aliphatic carbocycles. The number of nitrogens with zero attached hydrogens (tertiary/aromatic N) is 1. The second kappa shape index (κ2) is 3.14. The van der Waals surface area contributed by atoms with E-state index in [1.165, 1.54) is 0 Å². The molecule has 0 fully saturated rings. The molecule has 0 spiro atoms. The molecule has 0 radical (unpaired) electrons. The third-order valence-electron chi connectivity index (χ3n) is 1.83. The number of H-pyrrole nitrogens is 1. The van der Waals surface area contributed by atoms with Crippen LogP contribution in [0.15, 0.2) is 29.3 Å². The van der Waals surface area contributed by atoms with Crippen molar-refractivity contribution in [3.63, 3.8) is 0 Å². The quantitative estimate of drug-likeness (QED) is 0.706. The molecular formula is C9H8N2OS. The molecule has 4 heteroatoms. The molecule has 3 nitrogen and oxygen atoms in total. The average Bonchev–Trinajstić information content (AvgIpc) is 2.51. The first-order valence-corrected chi connectivity index (χ1v) is 4.26. The van der Waals surface area contributed by atoms with Crippen molar-refractivity contribution in [1.82, 2.24) is 9.97 Å². The number of aryl methyl sites for hydroxylation is 1. The Kier molecular flexibility index (Phi) is 1.98. The van der Waals surface area contributed by atoms with E-state index in [1.54, 1.807) is 18.9 Å². The van der Waals surface area contributed by atoms with Crippen LogP contribution in [0.5, 0.6) is 0 Å². The summed E-state index contributed by atoms with van der Waals surface area (Å²) >= 11 is 4.96. The molecule has 0 bridgehead atoms. The first-order valence-electron chi connectivity index (χ1n) is 3.85. The van der Waals surface area contributed by atoms with Gasteiger partial charge in [0.25, 0.3) is 0 Å². The third kappa shape index (κ3) is 1.53. The number of aromatic amines is 1. The number of aromatic nitrogens is 2. The van der Waals surface area contributed by atoms with Crippen LogP contribution in [0, 0.1) is 11.6 Å². The summed E-state index contributed by atoms with van der Waals surface area (Å²) in [6, 6.07) is 1.81. The Bertz CT molecular complexity index is 472. The van der Waals surface area contributed by atoms with Gasteiger partial charge in [-0.25, -0.2) is 4.98 Å². The van der Waals surface area contributed by atoms with Crippen molar-refractivity contribution in [2.75, 3.05) is 0 Å². The molecule has 66 valence electrons. The monoisotopic (exact) mass is 192 g/mol. The van der Waals surface area contributed by atoms with Crippen molar-refractivity contribution >= 4 is 12.2 Å². The van der Waals surface area contributed by atoms with Crippen molar-refractivity contribution < 1.29 is 4.42 Å². The molecule has 13 heavy (non-hydrogen) atoms. The molecule has 0 saturated carbocycles. The van der Waals surface area contributed by atoms with Crippen LogP contribution >= 0.6 is 12.2 Å². The predicted molar refractivity (Wildman–Crippen MR) is 51.9 cm³/mol. The molecule has 0 saturated heterocycles.